The highest BCUT2D eigenvalue weighted by Crippen LogP contribution is 2.43. The third kappa shape index (κ3) is 3.78. The smallest absolute Gasteiger partial charge is 0.312 e. The van der Waals surface area contributed by atoms with Crippen molar-refractivity contribution < 1.29 is 18.7 Å². The van der Waals surface area contributed by atoms with Crippen LogP contribution in [0.3, 0.4) is 0 Å². The number of nitrogens with zero attached hydrogens (tertiary/aromatic N) is 3. The molecule has 162 valence electrons. The number of rotatable bonds is 5. The van der Waals surface area contributed by atoms with Crippen LogP contribution in [0.5, 0.6) is 5.75 Å². The number of ether oxygens (including phenoxy) is 2. The zero-order chi connectivity index (χ0) is 21.4. The number of esters is 1. The molecule has 1 spiro atoms. The molecule has 3 heterocycles. The summed E-state index contributed by atoms with van der Waals surface area (Å²) in [6.07, 6.45) is 4.01. The highest BCUT2D eigenvalue weighted by Gasteiger charge is 2.50. The molecule has 3 aromatic rings. The number of carbonyl (C=O) groups is 1. The van der Waals surface area contributed by atoms with Crippen molar-refractivity contribution in [3.05, 3.63) is 60.2 Å². The van der Waals surface area contributed by atoms with Crippen LogP contribution in [-0.2, 0) is 22.6 Å². The summed E-state index contributed by atoms with van der Waals surface area (Å²) < 4.78 is 26.6. The molecule has 1 aromatic heterocycles. The summed E-state index contributed by atoms with van der Waals surface area (Å²) in [4.78, 5) is 19.6. The first-order chi connectivity index (χ1) is 15.1. The van der Waals surface area contributed by atoms with Gasteiger partial charge in [0.2, 0.25) is 0 Å². The van der Waals surface area contributed by atoms with Gasteiger partial charge in [-0.05, 0) is 55.8 Å². The number of fused-ring (bicyclic) bond motifs is 1. The van der Waals surface area contributed by atoms with Crippen molar-refractivity contribution in [3.63, 3.8) is 0 Å². The number of methoxy groups -OCH3 is 1. The largest absolute Gasteiger partial charge is 0.494 e. The summed E-state index contributed by atoms with van der Waals surface area (Å²) in [6.45, 7) is 2.98. The van der Waals surface area contributed by atoms with E-state index in [1.807, 2.05) is 30.6 Å². The number of para-hydroxylation sites is 2. The molecule has 2 saturated heterocycles. The van der Waals surface area contributed by atoms with Gasteiger partial charge in [0.05, 0.1) is 36.4 Å². The zero-order valence-corrected chi connectivity index (χ0v) is 17.6. The summed E-state index contributed by atoms with van der Waals surface area (Å²) in [6, 6.07) is 13.0. The molecule has 0 N–H and O–H groups in total. The van der Waals surface area contributed by atoms with E-state index in [0.717, 1.165) is 48.9 Å². The fraction of sp³-hybridized carbons (Fsp3) is 0.417. The van der Waals surface area contributed by atoms with E-state index in [2.05, 4.69) is 14.5 Å². The zero-order valence-electron chi connectivity index (χ0n) is 17.6. The Morgan fingerprint density at radius 2 is 2.03 bits per heavy atom. The lowest BCUT2D eigenvalue weighted by atomic mass is 9.76. The molecule has 1 atom stereocenters. The maximum absolute atomic E-state index is 13.7. The van der Waals surface area contributed by atoms with Gasteiger partial charge in [0.1, 0.15) is 6.10 Å². The second-order valence-corrected chi connectivity index (χ2v) is 8.64. The predicted molar refractivity (Wildman–Crippen MR) is 114 cm³/mol. The number of imidazole rings is 1. The predicted octanol–water partition coefficient (Wildman–Crippen LogP) is 3.78. The summed E-state index contributed by atoms with van der Waals surface area (Å²) in [5.74, 6) is -0.153. The Hall–Kier alpha value is -2.93. The van der Waals surface area contributed by atoms with E-state index in [1.165, 1.54) is 13.2 Å². The van der Waals surface area contributed by atoms with Gasteiger partial charge in [-0.25, -0.2) is 9.37 Å². The van der Waals surface area contributed by atoms with Crippen LogP contribution in [-0.4, -0.2) is 46.7 Å². The van der Waals surface area contributed by atoms with Crippen LogP contribution in [0.2, 0.25) is 0 Å². The topological polar surface area (TPSA) is 56.6 Å². The molecule has 0 bridgehead atoms. The standard InChI is InChI=1S/C24H26FN3O3/c1-30-22-12-17(6-7-19(22)25)14-27-10-8-24(9-11-27)13-18(31-23(24)29)15-28-16-26-20-4-2-3-5-21(20)28/h2-7,12,16,18H,8-11,13-15H2,1H3. The van der Waals surface area contributed by atoms with Gasteiger partial charge in [0.25, 0.3) is 0 Å². The normalized spacial score (nSPS) is 21.0. The number of hydrogen-bond donors (Lipinski definition) is 0. The van der Waals surface area contributed by atoms with E-state index >= 15 is 0 Å². The minimum Gasteiger partial charge on any atom is -0.494 e. The van der Waals surface area contributed by atoms with Gasteiger partial charge in [-0.2, -0.15) is 0 Å². The number of benzene rings is 2. The Morgan fingerprint density at radius 3 is 2.84 bits per heavy atom. The molecule has 0 amide bonds. The maximum Gasteiger partial charge on any atom is 0.312 e. The van der Waals surface area contributed by atoms with Gasteiger partial charge >= 0.3 is 5.97 Å². The number of hydrogen-bond acceptors (Lipinski definition) is 5. The highest BCUT2D eigenvalue weighted by molar-refractivity contribution is 5.79. The van der Waals surface area contributed by atoms with Crippen LogP contribution in [0.15, 0.2) is 48.8 Å². The van der Waals surface area contributed by atoms with E-state index in [0.29, 0.717) is 13.1 Å². The lowest BCUT2D eigenvalue weighted by molar-refractivity contribution is -0.151. The Bertz CT molecular complexity index is 1100. The van der Waals surface area contributed by atoms with Gasteiger partial charge in [0.15, 0.2) is 11.6 Å². The summed E-state index contributed by atoms with van der Waals surface area (Å²) >= 11 is 0. The molecule has 7 heteroatoms. The molecular formula is C24H26FN3O3. The number of aromatic nitrogens is 2. The minimum absolute atomic E-state index is 0.0648. The third-order valence-corrected chi connectivity index (χ3v) is 6.69. The van der Waals surface area contributed by atoms with Gasteiger partial charge in [-0.1, -0.05) is 18.2 Å². The minimum atomic E-state index is -0.391. The van der Waals surface area contributed by atoms with E-state index in [-0.39, 0.29) is 23.6 Å². The molecule has 0 radical (unpaired) electrons. The first-order valence-corrected chi connectivity index (χ1v) is 10.7. The Morgan fingerprint density at radius 1 is 1.23 bits per heavy atom. The van der Waals surface area contributed by atoms with E-state index in [1.54, 1.807) is 12.1 Å². The molecule has 1 unspecified atom stereocenters. The van der Waals surface area contributed by atoms with Gasteiger partial charge in [-0.3, -0.25) is 9.69 Å². The molecule has 31 heavy (non-hydrogen) atoms. The van der Waals surface area contributed by atoms with Crippen molar-refractivity contribution in [1.82, 2.24) is 14.5 Å². The fourth-order valence-corrected chi connectivity index (χ4v) is 4.92. The van der Waals surface area contributed by atoms with Crippen molar-refractivity contribution in [2.75, 3.05) is 20.2 Å². The van der Waals surface area contributed by atoms with Crippen LogP contribution in [0.1, 0.15) is 24.8 Å². The third-order valence-electron chi connectivity index (χ3n) is 6.69. The second-order valence-electron chi connectivity index (χ2n) is 8.64. The molecule has 0 aliphatic carbocycles. The molecular weight excluding hydrogens is 397 g/mol. The van der Waals surface area contributed by atoms with Crippen LogP contribution < -0.4 is 4.74 Å². The average molecular weight is 423 g/mol. The first kappa shape index (κ1) is 20.0. The molecule has 2 aromatic carbocycles. The van der Waals surface area contributed by atoms with Crippen molar-refractivity contribution in [3.8, 4) is 5.75 Å². The number of cyclic esters (lactones) is 1. The van der Waals surface area contributed by atoms with Crippen LogP contribution in [0.4, 0.5) is 4.39 Å². The first-order valence-electron chi connectivity index (χ1n) is 10.7. The fourth-order valence-electron chi connectivity index (χ4n) is 4.92. The van der Waals surface area contributed by atoms with Gasteiger partial charge in [-0.15, -0.1) is 0 Å². The lowest BCUT2D eigenvalue weighted by Gasteiger charge is -2.36. The van der Waals surface area contributed by atoms with Gasteiger partial charge in [0, 0.05) is 13.0 Å². The SMILES string of the molecule is COc1cc(CN2CCC3(CC2)CC(Cn2cnc4ccccc42)OC3=O)ccc1F. The second kappa shape index (κ2) is 7.96. The van der Waals surface area contributed by atoms with Crippen LogP contribution in [0.25, 0.3) is 11.0 Å². The summed E-state index contributed by atoms with van der Waals surface area (Å²) in [5, 5.41) is 0. The van der Waals surface area contributed by atoms with Crippen molar-refractivity contribution >= 4 is 17.0 Å². The monoisotopic (exact) mass is 423 g/mol. The number of likely N-dealkylation sites (tertiary alicyclic amines) is 1. The number of piperidine rings is 1. The van der Waals surface area contributed by atoms with Crippen molar-refractivity contribution in [1.29, 1.82) is 0 Å². The quantitative estimate of drug-likeness (QED) is 0.585. The maximum atomic E-state index is 13.7. The highest BCUT2D eigenvalue weighted by atomic mass is 19.1. The lowest BCUT2D eigenvalue weighted by Crippen LogP contribution is -2.42. The summed E-state index contributed by atoms with van der Waals surface area (Å²) in [7, 11) is 1.47. The van der Waals surface area contributed by atoms with E-state index in [4.69, 9.17) is 9.47 Å². The van der Waals surface area contributed by atoms with Crippen LogP contribution in [0, 0.1) is 11.2 Å². The average Bonchev–Trinajstić information content (AvgIpc) is 3.32. The molecule has 2 aliphatic heterocycles. The number of halogens is 1. The van der Waals surface area contributed by atoms with Gasteiger partial charge < -0.3 is 14.0 Å². The Kier molecular flexibility index (Phi) is 5.14. The Balaban J connectivity index is 1.21. The van der Waals surface area contributed by atoms with Crippen molar-refractivity contribution in [2.24, 2.45) is 5.41 Å². The molecule has 6 nitrogen and oxygen atoms in total. The van der Waals surface area contributed by atoms with Crippen LogP contribution >= 0.6 is 0 Å². The molecule has 5 rings (SSSR count). The Labute approximate surface area is 180 Å². The molecule has 2 fully saturated rings. The van der Waals surface area contributed by atoms with E-state index < -0.39 is 5.41 Å². The van der Waals surface area contributed by atoms with Crippen molar-refractivity contribution in [2.45, 2.75) is 38.5 Å². The molecule has 0 saturated carbocycles. The number of carbonyl (C=O) groups excluding carboxylic acids is 1. The summed E-state index contributed by atoms with van der Waals surface area (Å²) in [5.41, 5.74) is 2.63. The molecule has 2 aliphatic rings. The van der Waals surface area contributed by atoms with E-state index in [9.17, 15) is 9.18 Å².